The molecule has 0 fully saturated rings. The van der Waals surface area contributed by atoms with Crippen LogP contribution in [0.2, 0.25) is 0 Å². The van der Waals surface area contributed by atoms with Crippen molar-refractivity contribution in [2.75, 3.05) is 0 Å². The summed E-state index contributed by atoms with van der Waals surface area (Å²) < 4.78 is 0. The fourth-order valence-electron chi connectivity index (χ4n) is 1.98. The van der Waals surface area contributed by atoms with Crippen molar-refractivity contribution in [1.82, 2.24) is 0 Å². The Bertz CT molecular complexity index is 329. The van der Waals surface area contributed by atoms with Gasteiger partial charge in [-0.15, -0.1) is 12.4 Å². The van der Waals surface area contributed by atoms with Crippen molar-refractivity contribution in [1.29, 1.82) is 0 Å². The first-order chi connectivity index (χ1) is 7.56. The van der Waals surface area contributed by atoms with Gasteiger partial charge in [-0.05, 0) is 37.0 Å². The third-order valence-corrected chi connectivity index (χ3v) is 3.06. The molecule has 0 aliphatic rings. The van der Waals surface area contributed by atoms with Gasteiger partial charge < -0.3 is 10.8 Å². The first-order valence-electron chi connectivity index (χ1n) is 6.12. The molecule has 1 rings (SSSR count). The monoisotopic (exact) mass is 257 g/mol. The molecule has 3 heteroatoms. The minimum atomic E-state index is 0. The molecule has 0 saturated carbocycles. The number of benzene rings is 1. The van der Waals surface area contributed by atoms with Crippen LogP contribution in [0.4, 0.5) is 0 Å². The summed E-state index contributed by atoms with van der Waals surface area (Å²) in [7, 11) is 0. The second kappa shape index (κ2) is 7.57. The summed E-state index contributed by atoms with van der Waals surface area (Å²) in [5.74, 6) is 0.393. The molecule has 17 heavy (non-hydrogen) atoms. The van der Waals surface area contributed by atoms with Gasteiger partial charge in [0, 0.05) is 6.04 Å². The summed E-state index contributed by atoms with van der Waals surface area (Å²) in [5.41, 5.74) is 9.12. The fourth-order valence-corrected chi connectivity index (χ4v) is 1.98. The van der Waals surface area contributed by atoms with E-state index >= 15 is 0 Å². The van der Waals surface area contributed by atoms with Crippen LogP contribution in [0.5, 0.6) is 5.75 Å². The molecule has 0 bridgehead atoms. The average Bonchev–Trinajstić information content (AvgIpc) is 2.25. The van der Waals surface area contributed by atoms with Gasteiger partial charge in [0.2, 0.25) is 0 Å². The zero-order chi connectivity index (χ0) is 12.1. The molecule has 1 aromatic rings. The predicted molar refractivity (Wildman–Crippen MR) is 75.9 cm³/mol. The molecule has 1 aromatic carbocycles. The van der Waals surface area contributed by atoms with Crippen LogP contribution >= 0.6 is 12.4 Å². The number of rotatable bonds is 5. The van der Waals surface area contributed by atoms with E-state index in [2.05, 4.69) is 6.92 Å². The molecular weight excluding hydrogens is 234 g/mol. The first kappa shape index (κ1) is 16.3. The molecule has 0 amide bonds. The fraction of sp³-hybridized carbons (Fsp3) is 0.571. The zero-order valence-corrected chi connectivity index (χ0v) is 11.8. The van der Waals surface area contributed by atoms with Gasteiger partial charge >= 0.3 is 0 Å². The highest BCUT2D eigenvalue weighted by Gasteiger charge is 2.09. The molecule has 2 nitrogen and oxygen atoms in total. The lowest BCUT2D eigenvalue weighted by molar-refractivity contribution is 0.466. The lowest BCUT2D eigenvalue weighted by Gasteiger charge is -2.14. The van der Waals surface area contributed by atoms with E-state index in [1.54, 1.807) is 0 Å². The zero-order valence-electron chi connectivity index (χ0n) is 11.0. The number of aromatic hydroxyl groups is 1. The van der Waals surface area contributed by atoms with Crippen molar-refractivity contribution in [3.05, 3.63) is 28.8 Å². The molecule has 0 aliphatic carbocycles. The smallest absolute Gasteiger partial charge is 0.121 e. The van der Waals surface area contributed by atoms with E-state index in [0.717, 1.165) is 23.1 Å². The van der Waals surface area contributed by atoms with E-state index < -0.39 is 0 Å². The summed E-state index contributed by atoms with van der Waals surface area (Å²) in [6.07, 6.45) is 4.66. The second-order valence-corrected chi connectivity index (χ2v) is 4.61. The Morgan fingerprint density at radius 3 is 2.18 bits per heavy atom. The van der Waals surface area contributed by atoms with Crippen molar-refractivity contribution in [2.24, 2.45) is 5.73 Å². The van der Waals surface area contributed by atoms with E-state index in [4.69, 9.17) is 5.73 Å². The van der Waals surface area contributed by atoms with Gasteiger partial charge in [0.15, 0.2) is 0 Å². The molecule has 3 N–H and O–H groups in total. The number of unbranched alkanes of at least 4 members (excludes halogenated alkanes) is 2. The number of hydrogen-bond donors (Lipinski definition) is 2. The number of phenolic OH excluding ortho intramolecular Hbond substituents is 1. The summed E-state index contributed by atoms with van der Waals surface area (Å²) in [5, 5.41) is 9.69. The average molecular weight is 258 g/mol. The van der Waals surface area contributed by atoms with Gasteiger partial charge in [-0.3, -0.25) is 0 Å². The van der Waals surface area contributed by atoms with Crippen LogP contribution in [0.3, 0.4) is 0 Å². The Morgan fingerprint density at radius 1 is 1.18 bits per heavy atom. The summed E-state index contributed by atoms with van der Waals surface area (Å²) in [6, 6.07) is 4.10. The van der Waals surface area contributed by atoms with Crippen molar-refractivity contribution in [3.8, 4) is 5.75 Å². The van der Waals surface area contributed by atoms with E-state index in [0.29, 0.717) is 5.75 Å². The largest absolute Gasteiger partial charge is 0.507 e. The Kier molecular flexibility index (Phi) is 7.24. The third-order valence-electron chi connectivity index (χ3n) is 3.06. The van der Waals surface area contributed by atoms with Crippen molar-refractivity contribution < 1.29 is 5.11 Å². The topological polar surface area (TPSA) is 46.2 Å². The summed E-state index contributed by atoms with van der Waals surface area (Å²) in [4.78, 5) is 0. The van der Waals surface area contributed by atoms with E-state index in [1.165, 1.54) is 19.3 Å². The molecule has 0 saturated heterocycles. The molecule has 98 valence electrons. The maximum Gasteiger partial charge on any atom is 0.121 e. The summed E-state index contributed by atoms with van der Waals surface area (Å²) in [6.45, 7) is 6.04. The maximum absolute atomic E-state index is 9.69. The lowest BCUT2D eigenvalue weighted by Crippen LogP contribution is -2.10. The number of phenols is 1. The van der Waals surface area contributed by atoms with Crippen LogP contribution < -0.4 is 5.73 Å². The lowest BCUT2D eigenvalue weighted by atomic mass is 9.97. The van der Waals surface area contributed by atoms with Crippen LogP contribution in [0.15, 0.2) is 12.1 Å². The number of hydrogen-bond acceptors (Lipinski definition) is 2. The molecule has 0 heterocycles. The highest BCUT2D eigenvalue weighted by atomic mass is 35.5. The highest BCUT2D eigenvalue weighted by Crippen LogP contribution is 2.27. The van der Waals surface area contributed by atoms with Crippen LogP contribution in [0.1, 0.15) is 55.3 Å². The van der Waals surface area contributed by atoms with Crippen LogP contribution in [0.25, 0.3) is 0 Å². The van der Waals surface area contributed by atoms with E-state index in [9.17, 15) is 5.11 Å². The Morgan fingerprint density at radius 2 is 1.71 bits per heavy atom. The van der Waals surface area contributed by atoms with Gasteiger partial charge in [0.05, 0.1) is 0 Å². The third kappa shape index (κ3) is 4.57. The Balaban J connectivity index is 0.00000256. The Hall–Kier alpha value is -0.730. The van der Waals surface area contributed by atoms with Gasteiger partial charge in [-0.2, -0.15) is 0 Å². The van der Waals surface area contributed by atoms with Gasteiger partial charge in [-0.25, -0.2) is 0 Å². The quantitative estimate of drug-likeness (QED) is 0.783. The number of aryl methyl sites for hydroxylation is 2. The second-order valence-electron chi connectivity index (χ2n) is 4.61. The predicted octanol–water partition coefficient (Wildman–Crippen LogP) is 4.01. The van der Waals surface area contributed by atoms with Gasteiger partial charge in [-0.1, -0.05) is 38.3 Å². The highest BCUT2D eigenvalue weighted by molar-refractivity contribution is 5.85. The van der Waals surface area contributed by atoms with Gasteiger partial charge in [0.25, 0.3) is 0 Å². The number of nitrogens with two attached hydrogens (primary N) is 1. The Labute approximate surface area is 111 Å². The molecule has 0 radical (unpaired) electrons. The van der Waals surface area contributed by atoms with E-state index in [1.807, 2.05) is 26.0 Å². The molecule has 0 aliphatic heterocycles. The van der Waals surface area contributed by atoms with Gasteiger partial charge in [0.1, 0.15) is 5.75 Å². The normalized spacial score (nSPS) is 12.0. The minimum absolute atomic E-state index is 0. The van der Waals surface area contributed by atoms with Crippen LogP contribution in [-0.4, -0.2) is 5.11 Å². The van der Waals surface area contributed by atoms with E-state index in [-0.39, 0.29) is 18.4 Å². The molecular formula is C14H24ClNO. The standard InChI is InChI=1S/C14H23NO.ClH/c1-4-5-6-7-13(15)12-8-10(2)14(16)11(3)9-12;/h8-9,13,16H,4-7,15H2,1-3H3;1H/t13-;/m0./s1. The van der Waals surface area contributed by atoms with Crippen LogP contribution in [0, 0.1) is 13.8 Å². The minimum Gasteiger partial charge on any atom is -0.507 e. The molecule has 0 aromatic heterocycles. The van der Waals surface area contributed by atoms with Crippen molar-refractivity contribution >= 4 is 12.4 Å². The molecule has 0 spiro atoms. The van der Waals surface area contributed by atoms with Crippen molar-refractivity contribution in [3.63, 3.8) is 0 Å². The summed E-state index contributed by atoms with van der Waals surface area (Å²) >= 11 is 0. The van der Waals surface area contributed by atoms with Crippen molar-refractivity contribution in [2.45, 2.75) is 52.5 Å². The maximum atomic E-state index is 9.69. The SMILES string of the molecule is CCCCC[C@H](N)c1cc(C)c(O)c(C)c1.Cl. The molecule has 0 unspecified atom stereocenters. The molecule has 1 atom stereocenters. The number of halogens is 1. The first-order valence-corrected chi connectivity index (χ1v) is 6.12. The van der Waals surface area contributed by atoms with Crippen LogP contribution in [-0.2, 0) is 0 Å².